The molecule has 0 amide bonds. The zero-order valence-corrected chi connectivity index (χ0v) is 6.51. The van der Waals surface area contributed by atoms with E-state index in [1.165, 1.54) is 11.8 Å². The van der Waals surface area contributed by atoms with Crippen molar-refractivity contribution in [1.82, 2.24) is 0 Å². The average Bonchev–Trinajstić information content (AvgIpc) is 1.57. The van der Waals surface area contributed by atoms with Crippen LogP contribution >= 0.6 is 23.4 Å². The molecule has 0 saturated carbocycles. The Kier molecular flexibility index (Phi) is 2.20. The molecule has 1 rings (SSSR count). The minimum absolute atomic E-state index is 0.487. The second-order valence-electron chi connectivity index (χ2n) is 2.10. The van der Waals surface area contributed by atoms with E-state index in [0.717, 1.165) is 0 Å². The van der Waals surface area contributed by atoms with Gasteiger partial charge in [-0.25, -0.2) is 0 Å². The van der Waals surface area contributed by atoms with Crippen LogP contribution in [0.5, 0.6) is 0 Å². The third-order valence-electron chi connectivity index (χ3n) is 1.29. The van der Waals surface area contributed by atoms with Crippen molar-refractivity contribution in [3.63, 3.8) is 0 Å². The van der Waals surface area contributed by atoms with E-state index in [1.807, 2.05) is 0 Å². The molecule has 0 bridgehead atoms. The number of carbonyl (C=O) groups excluding carboxylic acids is 1. The maximum absolute atomic E-state index is 12.0. The van der Waals surface area contributed by atoms with Gasteiger partial charge in [0.15, 0.2) is 0 Å². The molecule has 0 aromatic carbocycles. The van der Waals surface area contributed by atoms with Crippen molar-refractivity contribution >= 4 is 29.1 Å². The summed E-state index contributed by atoms with van der Waals surface area (Å²) in [5.74, 6) is -0.673. The number of halogens is 3. The van der Waals surface area contributed by atoms with Crippen LogP contribution in [0.1, 0.15) is 0 Å². The summed E-state index contributed by atoms with van der Waals surface area (Å²) in [5.41, 5.74) is 0. The first-order chi connectivity index (χ1) is 4.52. The van der Waals surface area contributed by atoms with Gasteiger partial charge in [-0.15, -0.1) is 0 Å². The summed E-state index contributed by atoms with van der Waals surface area (Å²) in [6.45, 7) is 0. The van der Waals surface area contributed by atoms with Gasteiger partial charge in [0, 0.05) is 17.4 Å². The summed E-state index contributed by atoms with van der Waals surface area (Å²) in [7, 11) is 0. The molecule has 0 aromatic heterocycles. The molecule has 1 nitrogen and oxygen atoms in total. The van der Waals surface area contributed by atoms with Crippen LogP contribution in [0.15, 0.2) is 0 Å². The van der Waals surface area contributed by atoms with Crippen molar-refractivity contribution in [2.24, 2.45) is 5.92 Å². The Labute approximate surface area is 66.1 Å². The minimum atomic E-state index is -3.65. The summed E-state index contributed by atoms with van der Waals surface area (Å²) in [6.07, 6.45) is 0. The van der Waals surface area contributed by atoms with Crippen LogP contribution in [0, 0.1) is 5.92 Å². The Morgan fingerprint density at radius 1 is 1.60 bits per heavy atom. The smallest absolute Gasteiger partial charge is 0.291 e. The zero-order valence-electron chi connectivity index (χ0n) is 4.94. The van der Waals surface area contributed by atoms with Gasteiger partial charge < -0.3 is 0 Å². The summed E-state index contributed by atoms with van der Waals surface area (Å²) in [4.78, 5) is 10.6. The van der Waals surface area contributed by atoms with Gasteiger partial charge >= 0.3 is 5.38 Å². The molecule has 1 aliphatic rings. The van der Waals surface area contributed by atoms with E-state index in [-0.39, 0.29) is 0 Å². The van der Waals surface area contributed by atoms with Gasteiger partial charge in [0.1, 0.15) is 0 Å². The van der Waals surface area contributed by atoms with E-state index in [0.29, 0.717) is 11.5 Å². The van der Waals surface area contributed by atoms with Crippen molar-refractivity contribution in [2.75, 3.05) is 11.5 Å². The predicted octanol–water partition coefficient (Wildman–Crippen LogP) is 1.75. The SMILES string of the molecule is O=C(C1CSC1)C(F)(F)Cl. The van der Waals surface area contributed by atoms with Crippen LogP contribution in [-0.2, 0) is 4.79 Å². The average molecular weight is 187 g/mol. The van der Waals surface area contributed by atoms with Crippen molar-refractivity contribution in [3.05, 3.63) is 0 Å². The van der Waals surface area contributed by atoms with Gasteiger partial charge in [0.25, 0.3) is 0 Å². The van der Waals surface area contributed by atoms with Crippen LogP contribution < -0.4 is 0 Å². The number of hydrogen-bond acceptors (Lipinski definition) is 2. The van der Waals surface area contributed by atoms with E-state index in [9.17, 15) is 13.6 Å². The van der Waals surface area contributed by atoms with Crippen molar-refractivity contribution in [1.29, 1.82) is 0 Å². The van der Waals surface area contributed by atoms with Crippen molar-refractivity contribution in [3.8, 4) is 0 Å². The largest absolute Gasteiger partial charge is 0.380 e. The van der Waals surface area contributed by atoms with Gasteiger partial charge in [0.05, 0.1) is 0 Å². The van der Waals surface area contributed by atoms with Gasteiger partial charge in [-0.3, -0.25) is 4.79 Å². The highest BCUT2D eigenvalue weighted by atomic mass is 35.5. The van der Waals surface area contributed by atoms with E-state index in [2.05, 4.69) is 11.6 Å². The topological polar surface area (TPSA) is 17.1 Å². The maximum Gasteiger partial charge on any atom is 0.380 e. The summed E-state index contributed by atoms with van der Waals surface area (Å²) in [6, 6.07) is 0. The van der Waals surface area contributed by atoms with Crippen LogP contribution in [-0.4, -0.2) is 22.7 Å². The Hall–Kier alpha value is 0.170. The third-order valence-corrected chi connectivity index (χ3v) is 2.75. The van der Waals surface area contributed by atoms with E-state index < -0.39 is 17.1 Å². The summed E-state index contributed by atoms with van der Waals surface area (Å²) >= 11 is 5.98. The maximum atomic E-state index is 12.0. The number of ketones is 1. The fraction of sp³-hybridized carbons (Fsp3) is 0.800. The van der Waals surface area contributed by atoms with Gasteiger partial charge in [0.2, 0.25) is 5.78 Å². The first kappa shape index (κ1) is 8.27. The first-order valence-corrected chi connectivity index (χ1v) is 4.24. The predicted molar refractivity (Wildman–Crippen MR) is 36.6 cm³/mol. The molecule has 0 aromatic rings. The fourth-order valence-electron chi connectivity index (χ4n) is 0.619. The molecule has 1 aliphatic heterocycles. The highest BCUT2D eigenvalue weighted by Gasteiger charge is 2.43. The lowest BCUT2D eigenvalue weighted by atomic mass is 10.1. The molecular formula is C5H5ClF2OS. The molecule has 0 N–H and O–H groups in total. The number of Topliss-reactive ketones (excluding diaryl/α,β-unsaturated/α-hetero) is 1. The molecule has 1 fully saturated rings. The number of carbonyl (C=O) groups is 1. The van der Waals surface area contributed by atoms with Crippen LogP contribution in [0.2, 0.25) is 0 Å². The highest BCUT2D eigenvalue weighted by molar-refractivity contribution is 8.00. The molecule has 0 unspecified atom stereocenters. The van der Waals surface area contributed by atoms with E-state index in [1.54, 1.807) is 0 Å². The molecular weight excluding hydrogens is 182 g/mol. The third kappa shape index (κ3) is 1.61. The molecule has 1 heterocycles. The molecule has 58 valence electrons. The quantitative estimate of drug-likeness (QED) is 0.612. The highest BCUT2D eigenvalue weighted by Crippen LogP contribution is 2.33. The van der Waals surface area contributed by atoms with Crippen molar-refractivity contribution in [2.45, 2.75) is 5.38 Å². The number of thioether (sulfide) groups is 1. The molecule has 5 heteroatoms. The lowest BCUT2D eigenvalue weighted by Crippen LogP contribution is -2.37. The van der Waals surface area contributed by atoms with Crippen LogP contribution in [0.4, 0.5) is 8.78 Å². The normalized spacial score (nSPS) is 20.3. The van der Waals surface area contributed by atoms with E-state index in [4.69, 9.17) is 0 Å². The Morgan fingerprint density at radius 3 is 2.20 bits per heavy atom. The van der Waals surface area contributed by atoms with Gasteiger partial charge in [-0.05, 0) is 11.6 Å². The Morgan fingerprint density at radius 2 is 2.10 bits per heavy atom. The standard InChI is InChI=1S/C5H5ClF2OS/c6-5(7,8)4(9)3-1-10-2-3/h3H,1-2H2. The van der Waals surface area contributed by atoms with E-state index >= 15 is 0 Å². The molecule has 0 atom stereocenters. The molecule has 1 saturated heterocycles. The van der Waals surface area contributed by atoms with Gasteiger partial charge in [-0.1, -0.05) is 0 Å². The number of rotatable bonds is 2. The second kappa shape index (κ2) is 2.66. The minimum Gasteiger partial charge on any atom is -0.291 e. The monoisotopic (exact) mass is 186 g/mol. The Bertz CT molecular complexity index is 152. The number of hydrogen-bond donors (Lipinski definition) is 0. The van der Waals surface area contributed by atoms with Crippen LogP contribution in [0.3, 0.4) is 0 Å². The Balaban J connectivity index is 2.48. The first-order valence-electron chi connectivity index (χ1n) is 2.70. The lowest BCUT2D eigenvalue weighted by Gasteiger charge is -2.24. The zero-order chi connectivity index (χ0) is 7.78. The van der Waals surface area contributed by atoms with Crippen LogP contribution in [0.25, 0.3) is 0 Å². The summed E-state index contributed by atoms with van der Waals surface area (Å²) < 4.78 is 24.0. The molecule has 10 heavy (non-hydrogen) atoms. The van der Waals surface area contributed by atoms with Crippen molar-refractivity contribution < 1.29 is 13.6 Å². The summed E-state index contributed by atoms with van der Waals surface area (Å²) in [5, 5.41) is -3.65. The molecule has 0 aliphatic carbocycles. The molecule has 0 spiro atoms. The number of alkyl halides is 3. The van der Waals surface area contributed by atoms with Gasteiger partial charge in [-0.2, -0.15) is 20.5 Å². The molecule has 0 radical (unpaired) electrons. The lowest BCUT2D eigenvalue weighted by molar-refractivity contribution is -0.136. The fourth-order valence-corrected chi connectivity index (χ4v) is 1.55. The second-order valence-corrected chi connectivity index (χ2v) is 3.65.